The van der Waals surface area contributed by atoms with Crippen molar-refractivity contribution in [3.8, 4) is 17.1 Å². The summed E-state index contributed by atoms with van der Waals surface area (Å²) in [4.78, 5) is 8.42. The Morgan fingerprint density at radius 2 is 1.88 bits per heavy atom. The molecule has 7 nitrogen and oxygen atoms in total. The fourth-order valence-corrected chi connectivity index (χ4v) is 3.32. The number of hydrogen-bond acceptors (Lipinski definition) is 7. The number of benzene rings is 1. The molecule has 0 aliphatic heterocycles. The van der Waals surface area contributed by atoms with Crippen molar-refractivity contribution in [2.75, 3.05) is 5.75 Å². The fraction of sp³-hybridized carbons (Fsp3) is 0.167. The molecular weight excluding hydrogens is 348 g/mol. The smallest absolute Gasteiger partial charge is 0.226 e. The van der Waals surface area contributed by atoms with Crippen molar-refractivity contribution in [3.05, 3.63) is 67.1 Å². The normalized spacial score (nSPS) is 10.9. The van der Waals surface area contributed by atoms with Crippen LogP contribution in [-0.4, -0.2) is 35.6 Å². The Balaban J connectivity index is 1.32. The van der Waals surface area contributed by atoms with Gasteiger partial charge in [-0.25, -0.2) is 0 Å². The second kappa shape index (κ2) is 7.92. The minimum absolute atomic E-state index is 0.596. The Morgan fingerprint density at radius 1 is 1.04 bits per heavy atom. The molecule has 0 saturated heterocycles. The van der Waals surface area contributed by atoms with Gasteiger partial charge in [-0.3, -0.25) is 9.55 Å². The molecule has 0 N–H and O–H groups in total. The van der Waals surface area contributed by atoms with Crippen molar-refractivity contribution in [2.45, 2.75) is 18.0 Å². The van der Waals surface area contributed by atoms with Crippen molar-refractivity contribution in [2.24, 2.45) is 0 Å². The van der Waals surface area contributed by atoms with Gasteiger partial charge in [-0.1, -0.05) is 35.1 Å². The lowest BCUT2D eigenvalue weighted by Gasteiger charge is -2.05. The van der Waals surface area contributed by atoms with Gasteiger partial charge in [0, 0.05) is 35.8 Å². The van der Waals surface area contributed by atoms with Crippen LogP contribution in [0.3, 0.4) is 0 Å². The third kappa shape index (κ3) is 3.80. The van der Waals surface area contributed by atoms with E-state index in [-0.39, 0.29) is 0 Å². The summed E-state index contributed by atoms with van der Waals surface area (Å²) >= 11 is 1.66. The van der Waals surface area contributed by atoms with E-state index in [0.717, 1.165) is 35.0 Å². The predicted molar refractivity (Wildman–Crippen MR) is 97.9 cm³/mol. The molecule has 1 aromatic carbocycles. The van der Waals surface area contributed by atoms with E-state index in [1.54, 1.807) is 30.5 Å². The molecule has 0 bridgehead atoms. The molecule has 0 atom stereocenters. The van der Waals surface area contributed by atoms with Crippen LogP contribution < -0.4 is 0 Å². The van der Waals surface area contributed by atoms with Crippen molar-refractivity contribution in [1.29, 1.82) is 0 Å². The van der Waals surface area contributed by atoms with Crippen molar-refractivity contribution >= 4 is 11.8 Å². The standard InChI is InChI=1S/C18H16N6OS/c1-2-5-15(6-3-1)24-13-20-22-18(24)26-12-4-7-16-21-17(23-25-16)14-8-10-19-11-9-14/h1-3,5-6,8-11,13H,4,7,12H2. The molecule has 0 aliphatic rings. The quantitative estimate of drug-likeness (QED) is 0.367. The van der Waals surface area contributed by atoms with Crippen LogP contribution in [0.4, 0.5) is 0 Å². The van der Waals surface area contributed by atoms with E-state index in [1.165, 1.54) is 0 Å². The second-order valence-corrected chi connectivity index (χ2v) is 6.58. The van der Waals surface area contributed by atoms with Gasteiger partial charge in [-0.15, -0.1) is 10.2 Å². The van der Waals surface area contributed by atoms with Gasteiger partial charge in [0.25, 0.3) is 0 Å². The third-order valence-corrected chi connectivity index (χ3v) is 4.75. The molecule has 4 aromatic rings. The number of hydrogen-bond donors (Lipinski definition) is 0. The Labute approximate surface area is 154 Å². The summed E-state index contributed by atoms with van der Waals surface area (Å²) in [6.45, 7) is 0. The van der Waals surface area contributed by atoms with Gasteiger partial charge in [0.2, 0.25) is 11.7 Å². The van der Waals surface area contributed by atoms with Gasteiger partial charge < -0.3 is 4.52 Å². The molecule has 0 aliphatic carbocycles. The molecule has 0 amide bonds. The van der Waals surface area contributed by atoms with Crippen molar-refractivity contribution in [3.63, 3.8) is 0 Å². The van der Waals surface area contributed by atoms with Crippen LogP contribution in [0.25, 0.3) is 17.1 Å². The first kappa shape index (κ1) is 16.5. The zero-order chi connectivity index (χ0) is 17.6. The topological polar surface area (TPSA) is 82.5 Å². The maximum Gasteiger partial charge on any atom is 0.226 e. The zero-order valence-electron chi connectivity index (χ0n) is 13.9. The maximum absolute atomic E-state index is 5.33. The lowest BCUT2D eigenvalue weighted by Crippen LogP contribution is -1.96. The highest BCUT2D eigenvalue weighted by Crippen LogP contribution is 2.21. The number of pyridine rings is 1. The van der Waals surface area contributed by atoms with Crippen LogP contribution in [0.15, 0.2) is 70.9 Å². The van der Waals surface area contributed by atoms with Gasteiger partial charge in [0.05, 0.1) is 0 Å². The Bertz CT molecular complexity index is 954. The predicted octanol–water partition coefficient (Wildman–Crippen LogP) is 3.44. The average Bonchev–Trinajstić information content (AvgIpc) is 3.36. The molecule has 0 saturated carbocycles. The number of aromatic nitrogens is 6. The van der Waals surface area contributed by atoms with Gasteiger partial charge in [0.15, 0.2) is 5.16 Å². The van der Waals surface area contributed by atoms with Gasteiger partial charge in [-0.05, 0) is 30.7 Å². The molecular formula is C18H16N6OS. The third-order valence-electron chi connectivity index (χ3n) is 3.72. The number of rotatable bonds is 7. The molecule has 0 radical (unpaired) electrons. The monoisotopic (exact) mass is 364 g/mol. The van der Waals surface area contributed by atoms with Crippen LogP contribution in [0, 0.1) is 0 Å². The summed E-state index contributed by atoms with van der Waals surface area (Å²) < 4.78 is 7.31. The molecule has 0 unspecified atom stereocenters. The van der Waals surface area contributed by atoms with E-state index in [4.69, 9.17) is 4.52 Å². The number of aryl methyl sites for hydroxylation is 1. The van der Waals surface area contributed by atoms with E-state index in [2.05, 4.69) is 25.3 Å². The van der Waals surface area contributed by atoms with E-state index < -0.39 is 0 Å². The van der Waals surface area contributed by atoms with Gasteiger partial charge in [-0.2, -0.15) is 4.98 Å². The van der Waals surface area contributed by atoms with Gasteiger partial charge >= 0.3 is 0 Å². The summed E-state index contributed by atoms with van der Waals surface area (Å²) in [5, 5.41) is 13.1. The number of para-hydroxylation sites is 1. The Hall–Kier alpha value is -3.00. The maximum atomic E-state index is 5.33. The Kier molecular flexibility index (Phi) is 5.02. The summed E-state index contributed by atoms with van der Waals surface area (Å²) in [7, 11) is 0. The first-order valence-electron chi connectivity index (χ1n) is 8.21. The highest BCUT2D eigenvalue weighted by molar-refractivity contribution is 7.99. The fourth-order valence-electron chi connectivity index (χ4n) is 2.45. The van der Waals surface area contributed by atoms with Crippen molar-refractivity contribution < 1.29 is 4.52 Å². The largest absolute Gasteiger partial charge is 0.339 e. The summed E-state index contributed by atoms with van der Waals surface area (Å²) in [5.74, 6) is 2.12. The number of thioether (sulfide) groups is 1. The summed E-state index contributed by atoms with van der Waals surface area (Å²) in [5.41, 5.74) is 1.96. The molecule has 4 rings (SSSR count). The van der Waals surface area contributed by atoms with Crippen LogP contribution in [0.2, 0.25) is 0 Å². The zero-order valence-corrected chi connectivity index (χ0v) is 14.7. The van der Waals surface area contributed by atoms with E-state index in [1.807, 2.05) is 47.0 Å². The summed E-state index contributed by atoms with van der Waals surface area (Å²) in [6, 6.07) is 13.8. The molecule has 0 spiro atoms. The van der Waals surface area contributed by atoms with Crippen LogP contribution in [-0.2, 0) is 6.42 Å². The first-order valence-corrected chi connectivity index (χ1v) is 9.20. The average molecular weight is 364 g/mol. The molecule has 8 heteroatoms. The van der Waals surface area contributed by atoms with Gasteiger partial charge in [0.1, 0.15) is 6.33 Å². The Morgan fingerprint density at radius 3 is 2.73 bits per heavy atom. The molecule has 130 valence electrons. The van der Waals surface area contributed by atoms with E-state index >= 15 is 0 Å². The van der Waals surface area contributed by atoms with Crippen LogP contribution >= 0.6 is 11.8 Å². The highest BCUT2D eigenvalue weighted by atomic mass is 32.2. The lowest BCUT2D eigenvalue weighted by atomic mass is 10.2. The molecule has 3 heterocycles. The molecule has 0 fully saturated rings. The first-order chi connectivity index (χ1) is 12.9. The second-order valence-electron chi connectivity index (χ2n) is 5.52. The number of nitrogens with zero attached hydrogens (tertiary/aromatic N) is 6. The highest BCUT2D eigenvalue weighted by Gasteiger charge is 2.10. The van der Waals surface area contributed by atoms with Crippen molar-refractivity contribution in [1.82, 2.24) is 29.9 Å². The minimum atomic E-state index is 0.596. The minimum Gasteiger partial charge on any atom is -0.339 e. The van der Waals surface area contributed by atoms with Crippen LogP contribution in [0.1, 0.15) is 12.3 Å². The van der Waals surface area contributed by atoms with E-state index in [9.17, 15) is 0 Å². The lowest BCUT2D eigenvalue weighted by molar-refractivity contribution is 0.378. The SMILES string of the molecule is c1ccc(-n2cnnc2SCCCc2nc(-c3ccncc3)no2)cc1. The molecule has 26 heavy (non-hydrogen) atoms. The van der Waals surface area contributed by atoms with E-state index in [0.29, 0.717) is 11.7 Å². The van der Waals surface area contributed by atoms with Crippen LogP contribution in [0.5, 0.6) is 0 Å². The summed E-state index contributed by atoms with van der Waals surface area (Å²) in [6.07, 6.45) is 6.79. The molecule has 3 aromatic heterocycles.